The summed E-state index contributed by atoms with van der Waals surface area (Å²) < 4.78 is 0. The van der Waals surface area contributed by atoms with Crippen LogP contribution < -0.4 is 11.1 Å². The van der Waals surface area contributed by atoms with Gasteiger partial charge in [0.15, 0.2) is 11.5 Å². The number of nitrogens with zero attached hydrogens (tertiary/aromatic N) is 3. The third-order valence-electron chi connectivity index (χ3n) is 1.88. The lowest BCUT2D eigenvalue weighted by atomic mass is 10.0. The Kier molecular flexibility index (Phi) is 3.40. The van der Waals surface area contributed by atoms with Gasteiger partial charge in [0.25, 0.3) is 0 Å². The number of hydrogen-bond acceptors (Lipinski definition) is 5. The normalized spacial score (nSPS) is 10.6. The molecule has 0 unspecified atom stereocenters. The largest absolute Gasteiger partial charge is 0.370 e. The molecule has 1 aromatic heterocycles. The highest BCUT2D eigenvalue weighted by Crippen LogP contribution is 2.17. The van der Waals surface area contributed by atoms with Gasteiger partial charge in [-0.05, 0) is 13.8 Å². The molecule has 0 spiro atoms. The van der Waals surface area contributed by atoms with Crippen LogP contribution >= 0.6 is 0 Å². The summed E-state index contributed by atoms with van der Waals surface area (Å²) in [5.74, 6) is -0.0591. The number of hydrogen-bond donors (Lipinski definition) is 2. The number of nitriles is 1. The van der Waals surface area contributed by atoms with Crippen molar-refractivity contribution in [3.05, 3.63) is 18.1 Å². The maximum Gasteiger partial charge on any atom is 0.219 e. The first-order valence-corrected chi connectivity index (χ1v) is 4.72. The van der Waals surface area contributed by atoms with Crippen LogP contribution in [0.15, 0.2) is 12.4 Å². The number of primary amides is 1. The van der Waals surface area contributed by atoms with Crippen LogP contribution in [0.25, 0.3) is 0 Å². The van der Waals surface area contributed by atoms with Crippen molar-refractivity contribution in [3.8, 4) is 6.07 Å². The van der Waals surface area contributed by atoms with Crippen molar-refractivity contribution < 1.29 is 4.79 Å². The van der Waals surface area contributed by atoms with Gasteiger partial charge < -0.3 is 11.1 Å². The molecular weight excluding hydrogens is 206 g/mol. The van der Waals surface area contributed by atoms with E-state index in [0.29, 0.717) is 5.82 Å². The van der Waals surface area contributed by atoms with E-state index in [1.54, 1.807) is 13.8 Å². The summed E-state index contributed by atoms with van der Waals surface area (Å²) in [4.78, 5) is 18.7. The number of carbonyl (C=O) groups excluding carboxylic acids is 1. The van der Waals surface area contributed by atoms with Crippen LogP contribution in [0.4, 0.5) is 5.82 Å². The second-order valence-electron chi connectivity index (χ2n) is 4.02. The van der Waals surface area contributed by atoms with Crippen LogP contribution in [0.2, 0.25) is 0 Å². The molecule has 0 aromatic carbocycles. The number of rotatable bonds is 4. The van der Waals surface area contributed by atoms with E-state index in [2.05, 4.69) is 15.3 Å². The Morgan fingerprint density at radius 3 is 2.75 bits per heavy atom. The summed E-state index contributed by atoms with van der Waals surface area (Å²) in [6, 6.07) is 1.92. The second-order valence-corrected chi connectivity index (χ2v) is 4.02. The van der Waals surface area contributed by atoms with Gasteiger partial charge in [-0.25, -0.2) is 9.97 Å². The number of amides is 1. The molecular formula is C10H13N5O. The Balaban J connectivity index is 2.88. The number of nitrogens with one attached hydrogen (secondary N) is 1. The van der Waals surface area contributed by atoms with E-state index in [1.807, 2.05) is 6.07 Å². The predicted molar refractivity (Wildman–Crippen MR) is 58.3 cm³/mol. The summed E-state index contributed by atoms with van der Waals surface area (Å²) in [7, 11) is 0. The number of carbonyl (C=O) groups is 1. The Bertz CT molecular complexity index is 435. The molecule has 1 rings (SSSR count). The quantitative estimate of drug-likeness (QED) is 0.763. The summed E-state index contributed by atoms with van der Waals surface area (Å²) in [5.41, 5.74) is 4.76. The fraction of sp³-hybridized carbons (Fsp3) is 0.400. The first-order chi connectivity index (χ1) is 7.44. The monoisotopic (exact) mass is 219 g/mol. The van der Waals surface area contributed by atoms with Gasteiger partial charge in [0.2, 0.25) is 5.91 Å². The van der Waals surface area contributed by atoms with Crippen molar-refractivity contribution in [1.82, 2.24) is 9.97 Å². The SMILES string of the molecule is CC(C)(CC(N)=O)Nc1nccnc1C#N. The number of anilines is 1. The van der Waals surface area contributed by atoms with Crippen molar-refractivity contribution in [2.45, 2.75) is 25.8 Å². The van der Waals surface area contributed by atoms with Crippen LogP contribution in [0.1, 0.15) is 26.0 Å². The molecule has 0 saturated carbocycles. The predicted octanol–water partition coefficient (Wildman–Crippen LogP) is 0.414. The molecule has 0 saturated heterocycles. The van der Waals surface area contributed by atoms with Gasteiger partial charge >= 0.3 is 0 Å². The van der Waals surface area contributed by atoms with Gasteiger partial charge in [0.05, 0.1) is 0 Å². The molecule has 16 heavy (non-hydrogen) atoms. The van der Waals surface area contributed by atoms with Gasteiger partial charge in [-0.3, -0.25) is 4.79 Å². The van der Waals surface area contributed by atoms with Gasteiger partial charge in [-0.1, -0.05) is 0 Å². The van der Waals surface area contributed by atoms with Crippen molar-refractivity contribution in [2.75, 3.05) is 5.32 Å². The van der Waals surface area contributed by atoms with Crippen LogP contribution in [-0.2, 0) is 4.79 Å². The minimum absolute atomic E-state index is 0.147. The van der Waals surface area contributed by atoms with Crippen LogP contribution in [0.5, 0.6) is 0 Å². The van der Waals surface area contributed by atoms with E-state index in [-0.39, 0.29) is 12.1 Å². The zero-order valence-electron chi connectivity index (χ0n) is 9.19. The summed E-state index contributed by atoms with van der Waals surface area (Å²) in [5, 5.41) is 11.8. The fourth-order valence-electron chi connectivity index (χ4n) is 1.31. The molecule has 6 heteroatoms. The molecule has 6 nitrogen and oxygen atoms in total. The van der Waals surface area contributed by atoms with E-state index >= 15 is 0 Å². The molecule has 1 aromatic rings. The van der Waals surface area contributed by atoms with E-state index in [9.17, 15) is 4.79 Å². The average Bonchev–Trinajstić information content (AvgIpc) is 2.15. The van der Waals surface area contributed by atoms with Gasteiger partial charge in [-0.15, -0.1) is 0 Å². The molecule has 0 bridgehead atoms. The van der Waals surface area contributed by atoms with Gasteiger partial charge in [-0.2, -0.15) is 5.26 Å². The lowest BCUT2D eigenvalue weighted by molar-refractivity contribution is -0.118. The van der Waals surface area contributed by atoms with Crippen molar-refractivity contribution in [1.29, 1.82) is 5.26 Å². The molecule has 1 amide bonds. The fourth-order valence-corrected chi connectivity index (χ4v) is 1.31. The second kappa shape index (κ2) is 4.57. The van der Waals surface area contributed by atoms with E-state index < -0.39 is 11.4 Å². The smallest absolute Gasteiger partial charge is 0.219 e. The maximum absolute atomic E-state index is 10.8. The Morgan fingerprint density at radius 1 is 1.56 bits per heavy atom. The van der Waals surface area contributed by atoms with Crippen molar-refractivity contribution in [3.63, 3.8) is 0 Å². The van der Waals surface area contributed by atoms with Crippen LogP contribution in [-0.4, -0.2) is 21.4 Å². The molecule has 84 valence electrons. The summed E-state index contributed by atoms with van der Waals surface area (Å²) in [6.07, 6.45) is 3.06. The number of aromatic nitrogens is 2. The zero-order valence-corrected chi connectivity index (χ0v) is 9.19. The minimum atomic E-state index is -0.562. The van der Waals surface area contributed by atoms with E-state index in [4.69, 9.17) is 11.0 Å². The maximum atomic E-state index is 10.8. The van der Waals surface area contributed by atoms with Crippen LogP contribution in [0.3, 0.4) is 0 Å². The molecule has 0 radical (unpaired) electrons. The lowest BCUT2D eigenvalue weighted by Crippen LogP contribution is -2.36. The van der Waals surface area contributed by atoms with Gasteiger partial charge in [0, 0.05) is 24.4 Å². The Labute approximate surface area is 93.5 Å². The third kappa shape index (κ3) is 3.20. The third-order valence-corrected chi connectivity index (χ3v) is 1.88. The highest BCUT2D eigenvalue weighted by molar-refractivity contribution is 5.75. The Morgan fingerprint density at radius 2 is 2.19 bits per heavy atom. The average molecular weight is 219 g/mol. The van der Waals surface area contributed by atoms with Gasteiger partial charge in [0.1, 0.15) is 6.07 Å². The first-order valence-electron chi connectivity index (χ1n) is 4.72. The van der Waals surface area contributed by atoms with Crippen LogP contribution in [0, 0.1) is 11.3 Å². The Hall–Kier alpha value is -2.16. The molecule has 0 aliphatic heterocycles. The number of nitrogens with two attached hydrogens (primary N) is 1. The van der Waals surface area contributed by atoms with Crippen molar-refractivity contribution >= 4 is 11.7 Å². The molecule has 0 fully saturated rings. The first kappa shape index (κ1) is 11.9. The molecule has 1 heterocycles. The molecule has 0 aliphatic rings. The minimum Gasteiger partial charge on any atom is -0.370 e. The molecule has 3 N–H and O–H groups in total. The van der Waals surface area contributed by atoms with E-state index in [1.165, 1.54) is 12.4 Å². The topological polar surface area (TPSA) is 105 Å². The molecule has 0 atom stereocenters. The highest BCUT2D eigenvalue weighted by atomic mass is 16.1. The van der Waals surface area contributed by atoms with E-state index in [0.717, 1.165) is 0 Å². The highest BCUT2D eigenvalue weighted by Gasteiger charge is 2.22. The summed E-state index contributed by atoms with van der Waals surface area (Å²) in [6.45, 7) is 3.60. The standard InChI is InChI=1S/C10H13N5O/c1-10(2,5-8(12)16)15-9-7(6-11)13-3-4-14-9/h3-4H,5H2,1-2H3,(H2,12,16)(H,14,15). The summed E-state index contributed by atoms with van der Waals surface area (Å²) >= 11 is 0. The van der Waals surface area contributed by atoms with Crippen molar-refractivity contribution in [2.24, 2.45) is 5.73 Å². The molecule has 0 aliphatic carbocycles. The zero-order chi connectivity index (χ0) is 12.2. The lowest BCUT2D eigenvalue weighted by Gasteiger charge is -2.25.